The van der Waals surface area contributed by atoms with Gasteiger partial charge in [-0.1, -0.05) is 25.1 Å². The molecule has 27 heavy (non-hydrogen) atoms. The van der Waals surface area contributed by atoms with Crippen molar-refractivity contribution in [1.82, 2.24) is 15.4 Å². The summed E-state index contributed by atoms with van der Waals surface area (Å²) >= 11 is 0. The van der Waals surface area contributed by atoms with Crippen LogP contribution in [0.25, 0.3) is 6.08 Å². The molecule has 1 heterocycles. The molecule has 0 aliphatic heterocycles. The molecule has 0 spiro atoms. The molecule has 0 fully saturated rings. The third-order valence-electron chi connectivity index (χ3n) is 3.55. The number of para-hydroxylation sites is 1. The molecule has 0 aliphatic carbocycles. The van der Waals surface area contributed by atoms with Gasteiger partial charge in [0.25, 0.3) is 5.91 Å². The summed E-state index contributed by atoms with van der Waals surface area (Å²) in [5.41, 5.74) is 14.4. The summed E-state index contributed by atoms with van der Waals surface area (Å²) in [5.74, 6) is 0.792. The quantitative estimate of drug-likeness (QED) is 0.224. The minimum atomic E-state index is -0.617. The molecule has 144 valence electrons. The normalized spacial score (nSPS) is 10.7. The van der Waals surface area contributed by atoms with E-state index in [2.05, 4.69) is 9.97 Å². The number of hydrogen-bond acceptors (Lipinski definition) is 8. The topological polar surface area (TPSA) is 146 Å². The van der Waals surface area contributed by atoms with Gasteiger partial charge < -0.3 is 20.9 Å². The van der Waals surface area contributed by atoms with Crippen molar-refractivity contribution in [3.8, 4) is 11.5 Å². The Kier molecular flexibility index (Phi) is 7.38. The van der Waals surface area contributed by atoms with Crippen LogP contribution in [0.2, 0.25) is 0 Å². The largest absolute Gasteiger partial charge is 0.493 e. The van der Waals surface area contributed by atoms with Crippen LogP contribution in [0.4, 0.5) is 11.8 Å². The van der Waals surface area contributed by atoms with Gasteiger partial charge in [-0.15, -0.1) is 0 Å². The van der Waals surface area contributed by atoms with Crippen LogP contribution in [0.5, 0.6) is 11.5 Å². The molecule has 0 aliphatic rings. The van der Waals surface area contributed by atoms with Crippen LogP contribution < -0.4 is 26.4 Å². The number of amides is 1. The lowest BCUT2D eigenvalue weighted by molar-refractivity contribution is -0.124. The Hall–Kier alpha value is -3.33. The Bertz CT molecular complexity index is 810. The number of ether oxygens (including phenoxy) is 2. The standard InChI is InChI=1S/C18H23N5O4/c1-2-13-16(17(19)22-18(20)21-13)27-11-5-10-26-14-7-4-3-6-12(14)8-9-15(24)23-25/h3-4,6-9,25H,2,5,10-11H2,1H3,(H,23,24)(H4,19,20,21,22)/b9-8+. The molecular weight excluding hydrogens is 350 g/mol. The number of aryl methyl sites for hydroxylation is 1. The molecule has 9 heteroatoms. The van der Waals surface area contributed by atoms with Crippen molar-refractivity contribution in [1.29, 1.82) is 0 Å². The van der Waals surface area contributed by atoms with Gasteiger partial charge in [-0.3, -0.25) is 10.0 Å². The molecule has 0 saturated carbocycles. The van der Waals surface area contributed by atoms with E-state index in [0.717, 1.165) is 0 Å². The van der Waals surface area contributed by atoms with Crippen LogP contribution in [0.1, 0.15) is 24.6 Å². The van der Waals surface area contributed by atoms with Gasteiger partial charge in [0.05, 0.1) is 18.9 Å². The third-order valence-corrected chi connectivity index (χ3v) is 3.55. The highest BCUT2D eigenvalue weighted by Crippen LogP contribution is 2.25. The number of nitrogens with one attached hydrogen (secondary N) is 1. The number of hydroxylamine groups is 1. The minimum Gasteiger partial charge on any atom is -0.493 e. The molecule has 2 aromatic rings. The number of carbonyl (C=O) groups excluding carboxylic acids is 1. The van der Waals surface area contributed by atoms with Crippen LogP contribution in [-0.4, -0.2) is 34.3 Å². The molecule has 1 aromatic heterocycles. The smallest absolute Gasteiger partial charge is 0.267 e. The predicted octanol–water partition coefficient (Wildman–Crippen LogP) is 1.57. The Balaban J connectivity index is 1.88. The van der Waals surface area contributed by atoms with Gasteiger partial charge in [0.1, 0.15) is 5.75 Å². The van der Waals surface area contributed by atoms with Crippen LogP contribution in [0, 0.1) is 0 Å². The molecule has 0 unspecified atom stereocenters. The number of hydrogen-bond donors (Lipinski definition) is 4. The summed E-state index contributed by atoms with van der Waals surface area (Å²) in [6.45, 7) is 2.70. The molecule has 0 radical (unpaired) electrons. The highest BCUT2D eigenvalue weighted by molar-refractivity contribution is 5.91. The minimum absolute atomic E-state index is 0.125. The van der Waals surface area contributed by atoms with Crippen molar-refractivity contribution in [2.24, 2.45) is 0 Å². The molecule has 1 amide bonds. The van der Waals surface area contributed by atoms with Crippen molar-refractivity contribution < 1.29 is 19.5 Å². The number of aromatic nitrogens is 2. The van der Waals surface area contributed by atoms with Gasteiger partial charge in [0.15, 0.2) is 11.6 Å². The highest BCUT2D eigenvalue weighted by atomic mass is 16.5. The number of anilines is 2. The highest BCUT2D eigenvalue weighted by Gasteiger charge is 2.11. The van der Waals surface area contributed by atoms with E-state index in [9.17, 15) is 4.79 Å². The van der Waals surface area contributed by atoms with E-state index in [0.29, 0.717) is 48.8 Å². The van der Waals surface area contributed by atoms with Crippen LogP contribution in [-0.2, 0) is 11.2 Å². The Morgan fingerprint density at radius 2 is 1.96 bits per heavy atom. The second-order valence-electron chi connectivity index (χ2n) is 5.49. The van der Waals surface area contributed by atoms with Gasteiger partial charge in [-0.25, -0.2) is 10.5 Å². The average molecular weight is 373 g/mol. The van der Waals surface area contributed by atoms with E-state index in [4.69, 9.17) is 26.1 Å². The van der Waals surface area contributed by atoms with Crippen molar-refractivity contribution >= 4 is 23.7 Å². The first-order valence-electron chi connectivity index (χ1n) is 8.43. The van der Waals surface area contributed by atoms with Gasteiger partial charge >= 0.3 is 0 Å². The zero-order valence-corrected chi connectivity index (χ0v) is 15.0. The van der Waals surface area contributed by atoms with Crippen molar-refractivity contribution in [3.05, 3.63) is 41.6 Å². The maximum absolute atomic E-state index is 11.1. The second-order valence-corrected chi connectivity index (χ2v) is 5.49. The Morgan fingerprint density at radius 3 is 2.70 bits per heavy atom. The third kappa shape index (κ3) is 5.86. The van der Waals surface area contributed by atoms with Gasteiger partial charge in [-0.2, -0.15) is 4.98 Å². The maximum atomic E-state index is 11.1. The first-order chi connectivity index (χ1) is 13.0. The molecule has 6 N–H and O–H groups in total. The molecule has 9 nitrogen and oxygen atoms in total. The fraction of sp³-hybridized carbons (Fsp3) is 0.278. The first-order valence-corrected chi connectivity index (χ1v) is 8.43. The number of nitrogen functional groups attached to an aromatic ring is 2. The summed E-state index contributed by atoms with van der Waals surface area (Å²) in [7, 11) is 0. The van der Waals surface area contributed by atoms with E-state index in [1.54, 1.807) is 18.2 Å². The fourth-order valence-corrected chi connectivity index (χ4v) is 2.30. The summed E-state index contributed by atoms with van der Waals surface area (Å²) in [5, 5.41) is 8.53. The number of carbonyl (C=O) groups is 1. The summed E-state index contributed by atoms with van der Waals surface area (Å²) < 4.78 is 11.4. The van der Waals surface area contributed by atoms with Gasteiger partial charge in [0, 0.05) is 18.1 Å². The number of benzene rings is 1. The van der Waals surface area contributed by atoms with Crippen LogP contribution in [0.3, 0.4) is 0 Å². The lowest BCUT2D eigenvalue weighted by Gasteiger charge is -2.13. The summed E-state index contributed by atoms with van der Waals surface area (Å²) in [6.07, 6.45) is 3.99. The van der Waals surface area contributed by atoms with Gasteiger partial charge in [-0.05, 0) is 18.6 Å². The van der Waals surface area contributed by atoms with E-state index in [-0.39, 0.29) is 11.8 Å². The van der Waals surface area contributed by atoms with Crippen molar-refractivity contribution in [2.75, 3.05) is 24.7 Å². The SMILES string of the molecule is CCc1nc(N)nc(N)c1OCCCOc1ccccc1/C=C/C(=O)NO. The first kappa shape index (κ1) is 20.0. The lowest BCUT2D eigenvalue weighted by Crippen LogP contribution is -2.14. The number of rotatable bonds is 9. The van der Waals surface area contributed by atoms with Crippen molar-refractivity contribution in [3.63, 3.8) is 0 Å². The molecule has 0 atom stereocenters. The lowest BCUT2D eigenvalue weighted by atomic mass is 10.2. The maximum Gasteiger partial charge on any atom is 0.267 e. The summed E-state index contributed by atoms with van der Waals surface area (Å²) in [4.78, 5) is 19.1. The number of nitrogens with two attached hydrogens (primary N) is 2. The van der Waals surface area contributed by atoms with Crippen molar-refractivity contribution in [2.45, 2.75) is 19.8 Å². The van der Waals surface area contributed by atoms with Crippen LogP contribution >= 0.6 is 0 Å². The molecule has 2 rings (SSSR count). The predicted molar refractivity (Wildman–Crippen MR) is 101 cm³/mol. The monoisotopic (exact) mass is 373 g/mol. The number of nitrogens with zero attached hydrogens (tertiary/aromatic N) is 2. The van der Waals surface area contributed by atoms with E-state index < -0.39 is 5.91 Å². The Morgan fingerprint density at radius 1 is 1.22 bits per heavy atom. The fourth-order valence-electron chi connectivity index (χ4n) is 2.30. The average Bonchev–Trinajstić information content (AvgIpc) is 2.67. The second kappa shape index (κ2) is 9.97. The zero-order chi connectivity index (χ0) is 19.6. The van der Waals surface area contributed by atoms with Crippen LogP contribution in [0.15, 0.2) is 30.3 Å². The van der Waals surface area contributed by atoms with E-state index in [1.807, 2.05) is 19.1 Å². The Labute approximate surface area is 157 Å². The zero-order valence-electron chi connectivity index (χ0n) is 15.0. The summed E-state index contributed by atoms with van der Waals surface area (Å²) in [6, 6.07) is 7.24. The van der Waals surface area contributed by atoms with E-state index in [1.165, 1.54) is 11.6 Å². The van der Waals surface area contributed by atoms with Gasteiger partial charge in [0.2, 0.25) is 5.95 Å². The van der Waals surface area contributed by atoms with E-state index >= 15 is 0 Å². The molecule has 1 aromatic carbocycles. The molecular formula is C18H23N5O4. The molecule has 0 saturated heterocycles. The molecule has 0 bridgehead atoms.